The SMILES string of the molecule is COCc1ccccc1NC(=O)c1ccc(OCc2c(C)noc2C)cc1. The Morgan fingerprint density at radius 1 is 1.07 bits per heavy atom. The maximum absolute atomic E-state index is 12.5. The first-order valence-corrected chi connectivity index (χ1v) is 8.61. The standard InChI is InChI=1S/C21H22N2O4/c1-14-19(15(2)27-23-14)13-26-18-10-8-16(9-11-18)21(24)22-20-7-5-4-6-17(20)12-25-3/h4-11H,12-13H2,1-3H3,(H,22,24). The highest BCUT2D eigenvalue weighted by Gasteiger charge is 2.11. The van der Waals surface area contributed by atoms with Crippen molar-refractivity contribution < 1.29 is 18.8 Å². The molecule has 0 bridgehead atoms. The third kappa shape index (κ3) is 4.54. The van der Waals surface area contributed by atoms with E-state index in [0.717, 1.165) is 28.3 Å². The molecule has 1 heterocycles. The number of aromatic nitrogens is 1. The van der Waals surface area contributed by atoms with Crippen molar-refractivity contribution >= 4 is 11.6 Å². The third-order valence-corrected chi connectivity index (χ3v) is 4.25. The van der Waals surface area contributed by atoms with Gasteiger partial charge in [0.2, 0.25) is 0 Å². The number of hydrogen-bond donors (Lipinski definition) is 1. The van der Waals surface area contributed by atoms with Crippen LogP contribution in [0.1, 0.15) is 32.9 Å². The van der Waals surface area contributed by atoms with Gasteiger partial charge in [-0.1, -0.05) is 23.4 Å². The minimum absolute atomic E-state index is 0.184. The first-order chi connectivity index (χ1) is 13.1. The largest absolute Gasteiger partial charge is 0.489 e. The van der Waals surface area contributed by atoms with Crippen LogP contribution < -0.4 is 10.1 Å². The van der Waals surface area contributed by atoms with Crippen molar-refractivity contribution in [2.75, 3.05) is 12.4 Å². The molecule has 1 amide bonds. The molecule has 27 heavy (non-hydrogen) atoms. The second-order valence-corrected chi connectivity index (χ2v) is 6.16. The van der Waals surface area contributed by atoms with Crippen LogP contribution in [0.2, 0.25) is 0 Å². The second-order valence-electron chi connectivity index (χ2n) is 6.16. The molecule has 0 aliphatic heterocycles. The van der Waals surface area contributed by atoms with Crippen molar-refractivity contribution in [3.63, 3.8) is 0 Å². The zero-order valence-corrected chi connectivity index (χ0v) is 15.6. The predicted molar refractivity (Wildman–Crippen MR) is 102 cm³/mol. The highest BCUT2D eigenvalue weighted by molar-refractivity contribution is 6.04. The summed E-state index contributed by atoms with van der Waals surface area (Å²) in [7, 11) is 1.62. The van der Waals surface area contributed by atoms with E-state index in [2.05, 4.69) is 10.5 Å². The highest BCUT2D eigenvalue weighted by atomic mass is 16.5. The first kappa shape index (κ1) is 18.7. The second kappa shape index (κ2) is 8.51. The molecule has 0 saturated carbocycles. The van der Waals surface area contributed by atoms with Crippen molar-refractivity contribution in [3.05, 3.63) is 76.7 Å². The number of para-hydroxylation sites is 1. The van der Waals surface area contributed by atoms with Gasteiger partial charge in [-0.05, 0) is 44.2 Å². The molecule has 2 aromatic carbocycles. The summed E-state index contributed by atoms with van der Waals surface area (Å²) >= 11 is 0. The van der Waals surface area contributed by atoms with Crippen molar-refractivity contribution in [2.24, 2.45) is 0 Å². The van der Waals surface area contributed by atoms with Crippen LogP contribution in [0.3, 0.4) is 0 Å². The molecule has 3 rings (SSSR count). The normalized spacial score (nSPS) is 10.6. The molecule has 0 saturated heterocycles. The number of nitrogens with one attached hydrogen (secondary N) is 1. The van der Waals surface area contributed by atoms with Crippen molar-refractivity contribution in [2.45, 2.75) is 27.1 Å². The average molecular weight is 366 g/mol. The van der Waals surface area contributed by atoms with Crippen LogP contribution in [0.25, 0.3) is 0 Å². The van der Waals surface area contributed by atoms with E-state index < -0.39 is 0 Å². The molecular weight excluding hydrogens is 344 g/mol. The molecule has 0 radical (unpaired) electrons. The number of benzene rings is 2. The maximum Gasteiger partial charge on any atom is 0.255 e. The van der Waals surface area contributed by atoms with Crippen LogP contribution in [-0.2, 0) is 18.0 Å². The molecular formula is C21H22N2O4. The van der Waals surface area contributed by atoms with E-state index >= 15 is 0 Å². The lowest BCUT2D eigenvalue weighted by Gasteiger charge is -2.11. The topological polar surface area (TPSA) is 73.6 Å². The minimum Gasteiger partial charge on any atom is -0.489 e. The lowest BCUT2D eigenvalue weighted by Crippen LogP contribution is -2.13. The number of nitrogens with zero attached hydrogens (tertiary/aromatic N) is 1. The molecule has 1 N–H and O–H groups in total. The minimum atomic E-state index is -0.184. The van der Waals surface area contributed by atoms with Crippen molar-refractivity contribution in [1.29, 1.82) is 0 Å². The van der Waals surface area contributed by atoms with Gasteiger partial charge in [-0.3, -0.25) is 4.79 Å². The monoisotopic (exact) mass is 366 g/mol. The number of carbonyl (C=O) groups excluding carboxylic acids is 1. The van der Waals surface area contributed by atoms with Crippen LogP contribution in [-0.4, -0.2) is 18.2 Å². The summed E-state index contributed by atoms with van der Waals surface area (Å²) in [5.74, 6) is 1.24. The smallest absolute Gasteiger partial charge is 0.255 e. The van der Waals surface area contributed by atoms with E-state index in [0.29, 0.717) is 24.5 Å². The number of rotatable bonds is 7. The molecule has 6 heteroatoms. The van der Waals surface area contributed by atoms with Gasteiger partial charge in [0.05, 0.1) is 17.9 Å². The summed E-state index contributed by atoms with van der Waals surface area (Å²) in [4.78, 5) is 12.5. The fourth-order valence-corrected chi connectivity index (χ4v) is 2.68. The molecule has 0 fully saturated rings. The molecule has 6 nitrogen and oxygen atoms in total. The molecule has 0 atom stereocenters. The zero-order chi connectivity index (χ0) is 19.2. The Kier molecular flexibility index (Phi) is 5.88. The summed E-state index contributed by atoms with van der Waals surface area (Å²) in [6, 6.07) is 14.6. The summed E-state index contributed by atoms with van der Waals surface area (Å²) in [6.07, 6.45) is 0. The molecule has 1 aromatic heterocycles. The molecule has 0 unspecified atom stereocenters. The Balaban J connectivity index is 1.64. The number of aryl methyl sites for hydroxylation is 2. The maximum atomic E-state index is 12.5. The quantitative estimate of drug-likeness (QED) is 0.676. The van der Waals surface area contributed by atoms with Gasteiger partial charge in [0.1, 0.15) is 18.1 Å². The summed E-state index contributed by atoms with van der Waals surface area (Å²) in [6.45, 7) is 4.54. The number of hydrogen-bond acceptors (Lipinski definition) is 5. The van der Waals surface area contributed by atoms with Crippen LogP contribution in [0.5, 0.6) is 5.75 Å². The lowest BCUT2D eigenvalue weighted by atomic mass is 10.1. The number of methoxy groups -OCH3 is 1. The van der Waals surface area contributed by atoms with E-state index in [4.69, 9.17) is 14.0 Å². The van der Waals surface area contributed by atoms with Gasteiger partial charge in [0.15, 0.2) is 0 Å². The summed E-state index contributed by atoms with van der Waals surface area (Å²) < 4.78 is 16.1. The molecule has 0 spiro atoms. The average Bonchev–Trinajstić information content (AvgIpc) is 3.00. The van der Waals surface area contributed by atoms with E-state index in [9.17, 15) is 4.79 Å². The summed E-state index contributed by atoms with van der Waals surface area (Å²) in [5, 5.41) is 6.83. The number of carbonyl (C=O) groups is 1. The summed E-state index contributed by atoms with van der Waals surface area (Å²) in [5.41, 5.74) is 3.97. The predicted octanol–water partition coefficient (Wildman–Crippen LogP) is 4.27. The van der Waals surface area contributed by atoms with E-state index in [1.54, 1.807) is 31.4 Å². The Morgan fingerprint density at radius 2 is 1.81 bits per heavy atom. The van der Waals surface area contributed by atoms with Crippen molar-refractivity contribution in [1.82, 2.24) is 5.16 Å². The van der Waals surface area contributed by atoms with Crippen LogP contribution >= 0.6 is 0 Å². The third-order valence-electron chi connectivity index (χ3n) is 4.25. The molecule has 3 aromatic rings. The van der Waals surface area contributed by atoms with Crippen LogP contribution in [0.4, 0.5) is 5.69 Å². The highest BCUT2D eigenvalue weighted by Crippen LogP contribution is 2.20. The fraction of sp³-hybridized carbons (Fsp3) is 0.238. The Hall–Kier alpha value is -3.12. The lowest BCUT2D eigenvalue weighted by molar-refractivity contribution is 0.102. The van der Waals surface area contributed by atoms with Gasteiger partial charge >= 0.3 is 0 Å². The van der Waals surface area contributed by atoms with Crippen LogP contribution in [0, 0.1) is 13.8 Å². The number of amides is 1. The van der Waals surface area contributed by atoms with Crippen molar-refractivity contribution in [3.8, 4) is 5.75 Å². The van der Waals surface area contributed by atoms with Crippen LogP contribution in [0.15, 0.2) is 53.1 Å². The Bertz CT molecular complexity index is 897. The Labute approximate surface area is 158 Å². The van der Waals surface area contributed by atoms with E-state index in [1.807, 2.05) is 38.1 Å². The van der Waals surface area contributed by atoms with Gasteiger partial charge < -0.3 is 19.3 Å². The zero-order valence-electron chi connectivity index (χ0n) is 15.6. The molecule has 0 aliphatic rings. The van der Waals surface area contributed by atoms with Gasteiger partial charge in [-0.15, -0.1) is 0 Å². The molecule has 0 aliphatic carbocycles. The first-order valence-electron chi connectivity index (χ1n) is 8.61. The van der Waals surface area contributed by atoms with E-state index in [-0.39, 0.29) is 5.91 Å². The van der Waals surface area contributed by atoms with Gasteiger partial charge in [0.25, 0.3) is 5.91 Å². The molecule has 140 valence electrons. The van der Waals surface area contributed by atoms with Gasteiger partial charge in [-0.25, -0.2) is 0 Å². The van der Waals surface area contributed by atoms with E-state index in [1.165, 1.54) is 0 Å². The Morgan fingerprint density at radius 3 is 2.48 bits per heavy atom. The number of anilines is 1. The van der Waals surface area contributed by atoms with Gasteiger partial charge in [-0.2, -0.15) is 0 Å². The number of ether oxygens (including phenoxy) is 2. The van der Waals surface area contributed by atoms with Gasteiger partial charge in [0, 0.05) is 23.9 Å². The fourth-order valence-electron chi connectivity index (χ4n) is 2.68.